The van der Waals surface area contributed by atoms with Gasteiger partial charge in [-0.05, 0) is 38.1 Å². The van der Waals surface area contributed by atoms with E-state index >= 15 is 0 Å². The summed E-state index contributed by atoms with van der Waals surface area (Å²) in [6, 6.07) is 15.6. The van der Waals surface area contributed by atoms with Gasteiger partial charge in [-0.25, -0.2) is 14.5 Å². The van der Waals surface area contributed by atoms with E-state index < -0.39 is 18.0 Å². The van der Waals surface area contributed by atoms with E-state index in [1.165, 1.54) is 16.8 Å². The number of nitrogens with zero attached hydrogens (tertiary/aromatic N) is 3. The number of hydrazine groups is 1. The van der Waals surface area contributed by atoms with Crippen molar-refractivity contribution in [3.8, 4) is 5.75 Å². The van der Waals surface area contributed by atoms with E-state index in [1.54, 1.807) is 25.1 Å². The molecule has 2 aliphatic heterocycles. The number of fused-ring (bicyclic) bond motifs is 1. The third kappa shape index (κ3) is 4.68. The van der Waals surface area contributed by atoms with Crippen molar-refractivity contribution < 1.29 is 18.7 Å². The van der Waals surface area contributed by atoms with Gasteiger partial charge in [-0.3, -0.25) is 19.9 Å². The summed E-state index contributed by atoms with van der Waals surface area (Å²) in [6.45, 7) is 3.90. The van der Waals surface area contributed by atoms with Gasteiger partial charge in [-0.2, -0.15) is 5.10 Å². The molecule has 182 valence electrons. The number of anilines is 2. The summed E-state index contributed by atoms with van der Waals surface area (Å²) < 4.78 is 20.6. The first-order valence-corrected chi connectivity index (χ1v) is 11.3. The van der Waals surface area contributed by atoms with Gasteiger partial charge in [0.15, 0.2) is 24.5 Å². The van der Waals surface area contributed by atoms with Crippen LogP contribution in [0.3, 0.4) is 0 Å². The molecule has 2 amide bonds. The maximum Gasteiger partial charge on any atom is 0.263 e. The first-order chi connectivity index (χ1) is 16.9. The minimum Gasteiger partial charge on any atom is -0.481 e. The molecule has 2 saturated heterocycles. The summed E-state index contributed by atoms with van der Waals surface area (Å²) in [5, 5.41) is 15.5. The van der Waals surface area contributed by atoms with Gasteiger partial charge in [-0.1, -0.05) is 29.8 Å². The molecule has 10 nitrogen and oxygen atoms in total. The number of aromatic nitrogens is 2. The quantitative estimate of drug-likeness (QED) is 0.427. The van der Waals surface area contributed by atoms with E-state index in [4.69, 9.17) is 4.74 Å². The lowest BCUT2D eigenvalue weighted by Gasteiger charge is -2.37. The highest BCUT2D eigenvalue weighted by Crippen LogP contribution is 2.28. The summed E-state index contributed by atoms with van der Waals surface area (Å²) in [5.41, 5.74) is 6.01. The van der Waals surface area contributed by atoms with Gasteiger partial charge < -0.3 is 15.4 Å². The predicted molar refractivity (Wildman–Crippen MR) is 127 cm³/mol. The zero-order valence-corrected chi connectivity index (χ0v) is 19.3. The van der Waals surface area contributed by atoms with Crippen molar-refractivity contribution in [3.63, 3.8) is 0 Å². The van der Waals surface area contributed by atoms with Crippen LogP contribution in [-0.4, -0.2) is 40.9 Å². The minimum absolute atomic E-state index is 0.00970. The fourth-order valence-corrected chi connectivity index (χ4v) is 4.24. The molecule has 11 heteroatoms. The number of carbonyl (C=O) groups is 2. The molecule has 3 atom stereocenters. The maximum atomic E-state index is 13.8. The van der Waals surface area contributed by atoms with Crippen LogP contribution >= 0.6 is 0 Å². The molecule has 3 aromatic rings. The second-order valence-corrected chi connectivity index (χ2v) is 8.58. The Morgan fingerprint density at radius 2 is 1.97 bits per heavy atom. The second-order valence-electron chi connectivity index (χ2n) is 8.58. The number of hydrogen-bond donors (Lipinski definition) is 4. The third-order valence-electron chi connectivity index (χ3n) is 5.96. The molecular formula is C24H26FN7O3. The third-order valence-corrected chi connectivity index (χ3v) is 5.96. The van der Waals surface area contributed by atoms with E-state index in [0.717, 1.165) is 11.3 Å². The number of hydrogen-bond acceptors (Lipinski definition) is 7. The number of benzene rings is 2. The highest BCUT2D eigenvalue weighted by Gasteiger charge is 2.45. The van der Waals surface area contributed by atoms with E-state index in [1.807, 2.05) is 36.2 Å². The number of rotatable bonds is 6. The summed E-state index contributed by atoms with van der Waals surface area (Å²) >= 11 is 0. The van der Waals surface area contributed by atoms with Crippen molar-refractivity contribution >= 4 is 23.3 Å². The molecule has 0 aliphatic carbocycles. The zero-order valence-electron chi connectivity index (χ0n) is 19.3. The number of para-hydroxylation sites is 1. The number of halogens is 1. The maximum absolute atomic E-state index is 13.8. The van der Waals surface area contributed by atoms with Crippen LogP contribution in [0, 0.1) is 25.6 Å². The molecule has 0 saturated carbocycles. The molecule has 3 heterocycles. The van der Waals surface area contributed by atoms with Crippen LogP contribution in [0.5, 0.6) is 5.75 Å². The number of carbonyl (C=O) groups excluding carboxylic acids is 2. The second kappa shape index (κ2) is 9.35. The fraction of sp³-hybridized carbons (Fsp3) is 0.292. The minimum atomic E-state index is -0.701. The van der Waals surface area contributed by atoms with Gasteiger partial charge in [0.1, 0.15) is 12.0 Å². The lowest BCUT2D eigenvalue weighted by molar-refractivity contribution is -0.129. The van der Waals surface area contributed by atoms with Gasteiger partial charge in [0, 0.05) is 12.6 Å². The van der Waals surface area contributed by atoms with Crippen LogP contribution < -0.4 is 31.1 Å². The molecule has 3 unspecified atom stereocenters. The summed E-state index contributed by atoms with van der Waals surface area (Å²) in [4.78, 5) is 25.4. The van der Waals surface area contributed by atoms with Gasteiger partial charge in [0.25, 0.3) is 5.91 Å². The summed E-state index contributed by atoms with van der Waals surface area (Å²) in [6.07, 6.45) is -1.03. The molecular weight excluding hydrogens is 453 g/mol. The normalized spacial score (nSPS) is 21.4. The molecule has 0 radical (unpaired) electrons. The van der Waals surface area contributed by atoms with Gasteiger partial charge in [0.05, 0.1) is 17.3 Å². The number of aryl methyl sites for hydroxylation is 2. The van der Waals surface area contributed by atoms with Crippen molar-refractivity contribution in [2.75, 3.05) is 23.5 Å². The van der Waals surface area contributed by atoms with E-state index in [0.29, 0.717) is 18.1 Å². The number of ether oxygens (including phenoxy) is 1. The van der Waals surface area contributed by atoms with Crippen LogP contribution in [0.25, 0.3) is 0 Å². The van der Waals surface area contributed by atoms with Crippen LogP contribution in [0.4, 0.5) is 15.9 Å². The van der Waals surface area contributed by atoms with E-state index in [9.17, 15) is 14.0 Å². The van der Waals surface area contributed by atoms with Crippen molar-refractivity contribution in [3.05, 3.63) is 71.7 Å². The van der Waals surface area contributed by atoms with Crippen LogP contribution in [0.2, 0.25) is 0 Å². The zero-order chi connectivity index (χ0) is 24.5. The molecule has 0 bridgehead atoms. The smallest absolute Gasteiger partial charge is 0.263 e. The van der Waals surface area contributed by atoms with Gasteiger partial charge in [0.2, 0.25) is 5.91 Å². The molecule has 4 N–H and O–H groups in total. The Morgan fingerprint density at radius 1 is 1.20 bits per heavy atom. The van der Waals surface area contributed by atoms with Crippen LogP contribution in [-0.2, 0) is 9.59 Å². The van der Waals surface area contributed by atoms with Gasteiger partial charge >= 0.3 is 0 Å². The Labute approximate surface area is 201 Å². The molecule has 5 rings (SSSR count). The Balaban J connectivity index is 1.31. The van der Waals surface area contributed by atoms with Crippen molar-refractivity contribution in [2.24, 2.45) is 5.92 Å². The van der Waals surface area contributed by atoms with E-state index in [2.05, 4.69) is 26.5 Å². The monoisotopic (exact) mass is 479 g/mol. The Hall–Kier alpha value is -3.96. The first-order valence-electron chi connectivity index (χ1n) is 11.3. The highest BCUT2D eigenvalue weighted by atomic mass is 19.1. The average molecular weight is 480 g/mol. The molecule has 2 fully saturated rings. The Morgan fingerprint density at radius 3 is 2.74 bits per heavy atom. The molecule has 35 heavy (non-hydrogen) atoms. The highest BCUT2D eigenvalue weighted by molar-refractivity contribution is 5.91. The van der Waals surface area contributed by atoms with Gasteiger partial charge in [-0.15, -0.1) is 0 Å². The standard InChI is InChI=1S/C24H26FN7O3/c1-14-7-9-16(10-8-14)31-22-17(12-26-31)23(34)29-24(28-22)32-20(11-15(2)30-32)27-21(33)13-35-19-6-4-3-5-18(19)25/h3-11,17,22,24,26,28H,12-13H2,1-2H3,(H,27,33)(H,29,34). The number of amides is 2. The van der Waals surface area contributed by atoms with Crippen molar-refractivity contribution in [1.82, 2.24) is 25.8 Å². The molecule has 0 spiro atoms. The van der Waals surface area contributed by atoms with Crippen LogP contribution in [0.1, 0.15) is 17.5 Å². The topological polar surface area (TPSA) is 113 Å². The lowest BCUT2D eigenvalue weighted by Crippen LogP contribution is -2.61. The largest absolute Gasteiger partial charge is 0.481 e. The predicted octanol–water partition coefficient (Wildman–Crippen LogP) is 1.80. The van der Waals surface area contributed by atoms with Crippen molar-refractivity contribution in [1.29, 1.82) is 0 Å². The van der Waals surface area contributed by atoms with Crippen molar-refractivity contribution in [2.45, 2.75) is 26.3 Å². The Bertz CT molecular complexity index is 1250. The summed E-state index contributed by atoms with van der Waals surface area (Å²) in [5.74, 6) is -1.12. The molecule has 1 aromatic heterocycles. The average Bonchev–Trinajstić information content (AvgIpc) is 3.42. The molecule has 2 aromatic carbocycles. The van der Waals surface area contributed by atoms with Crippen LogP contribution in [0.15, 0.2) is 54.6 Å². The Kier molecular flexibility index (Phi) is 6.10. The number of nitrogens with one attached hydrogen (secondary N) is 4. The fourth-order valence-electron chi connectivity index (χ4n) is 4.24. The SMILES string of the molecule is Cc1ccc(N2NCC3C(=O)NC(n4nc(C)cc4NC(=O)COc4ccccc4F)NC32)cc1. The first kappa shape index (κ1) is 22.8. The lowest BCUT2D eigenvalue weighted by atomic mass is 10.0. The van der Waals surface area contributed by atoms with E-state index in [-0.39, 0.29) is 30.3 Å². The molecule has 2 aliphatic rings. The summed E-state index contributed by atoms with van der Waals surface area (Å²) in [7, 11) is 0.